The van der Waals surface area contributed by atoms with Gasteiger partial charge in [0.1, 0.15) is 18.3 Å². The number of hydrogen-bond donors (Lipinski definition) is 0. The Bertz CT molecular complexity index is 1270. The zero-order valence-electron chi connectivity index (χ0n) is 17.9. The summed E-state index contributed by atoms with van der Waals surface area (Å²) in [6, 6.07) is 9.22. The van der Waals surface area contributed by atoms with Crippen molar-refractivity contribution < 1.29 is 23.5 Å². The van der Waals surface area contributed by atoms with Crippen molar-refractivity contribution in [2.75, 3.05) is 38.8 Å². The second-order valence-electron chi connectivity index (χ2n) is 7.46. The first kappa shape index (κ1) is 23.0. The quantitative estimate of drug-likeness (QED) is 0.504. The molecule has 3 aromatic rings. The largest absolute Gasteiger partial charge is 0.495 e. The minimum Gasteiger partial charge on any atom is -0.495 e. The molecule has 11 heteroatoms. The Morgan fingerprint density at radius 1 is 1.12 bits per heavy atom. The van der Waals surface area contributed by atoms with Crippen LogP contribution < -0.4 is 15.4 Å². The number of piperazine rings is 1. The number of halogens is 2. The molecular formula is C22H21Cl2N3O6. The molecule has 1 fully saturated rings. The van der Waals surface area contributed by atoms with Gasteiger partial charge in [-0.05, 0) is 24.3 Å². The molecule has 0 N–H and O–H groups in total. The van der Waals surface area contributed by atoms with Gasteiger partial charge in [0.25, 0.3) is 0 Å². The van der Waals surface area contributed by atoms with E-state index in [1.165, 1.54) is 29.8 Å². The standard InChI is InChI=1S/C22H21Cl2N3O6/c1-31-18-10-14(4-5-15(18)24)26-8-7-25(11-17(26)21(29)32-2)20(28)12-27-16-6-3-13(23)9-19(16)33-22(27)30/h3-6,9-10,17H,7-8,11-12H2,1-2H3. The summed E-state index contributed by atoms with van der Waals surface area (Å²) < 4.78 is 16.7. The predicted octanol–water partition coefficient (Wildman–Crippen LogP) is 2.80. The van der Waals surface area contributed by atoms with E-state index in [2.05, 4.69) is 0 Å². The van der Waals surface area contributed by atoms with Crippen molar-refractivity contribution in [3.05, 3.63) is 57.0 Å². The van der Waals surface area contributed by atoms with E-state index in [1.807, 2.05) is 4.90 Å². The molecule has 4 rings (SSSR count). The number of carbonyl (C=O) groups excluding carboxylic acids is 2. The second-order valence-corrected chi connectivity index (χ2v) is 8.30. The molecular weight excluding hydrogens is 473 g/mol. The molecule has 0 saturated carbocycles. The number of hydrogen-bond acceptors (Lipinski definition) is 7. The van der Waals surface area contributed by atoms with Gasteiger partial charge in [0.2, 0.25) is 5.91 Å². The van der Waals surface area contributed by atoms with Crippen LogP contribution in [0, 0.1) is 0 Å². The van der Waals surface area contributed by atoms with Gasteiger partial charge in [0.15, 0.2) is 5.58 Å². The highest BCUT2D eigenvalue weighted by Gasteiger charge is 2.35. The zero-order valence-corrected chi connectivity index (χ0v) is 19.4. The van der Waals surface area contributed by atoms with Crippen LogP contribution in [-0.4, -0.2) is 61.2 Å². The van der Waals surface area contributed by atoms with E-state index in [9.17, 15) is 14.4 Å². The fourth-order valence-electron chi connectivity index (χ4n) is 3.91. The van der Waals surface area contributed by atoms with Crippen LogP contribution in [0.25, 0.3) is 11.1 Å². The van der Waals surface area contributed by atoms with Crippen LogP contribution in [0.5, 0.6) is 5.75 Å². The number of esters is 1. The summed E-state index contributed by atoms with van der Waals surface area (Å²) in [6.07, 6.45) is 0. The van der Waals surface area contributed by atoms with Gasteiger partial charge in [-0.25, -0.2) is 9.59 Å². The Morgan fingerprint density at radius 2 is 1.91 bits per heavy atom. The Morgan fingerprint density at radius 3 is 2.64 bits per heavy atom. The molecule has 0 bridgehead atoms. The van der Waals surface area contributed by atoms with Crippen LogP contribution in [-0.2, 0) is 20.9 Å². The molecule has 174 valence electrons. The number of oxazole rings is 1. The van der Waals surface area contributed by atoms with Crippen molar-refractivity contribution in [1.82, 2.24) is 9.47 Å². The number of nitrogens with zero attached hydrogens (tertiary/aromatic N) is 3. The summed E-state index contributed by atoms with van der Waals surface area (Å²) in [5.74, 6) is -0.987. The molecule has 0 radical (unpaired) electrons. The molecule has 1 unspecified atom stereocenters. The zero-order chi connectivity index (χ0) is 23.7. The van der Waals surface area contributed by atoms with Crippen LogP contribution in [0.1, 0.15) is 0 Å². The third-order valence-electron chi connectivity index (χ3n) is 5.60. The first-order valence-electron chi connectivity index (χ1n) is 10.1. The first-order chi connectivity index (χ1) is 15.8. The minimum absolute atomic E-state index is 0.0901. The molecule has 1 atom stereocenters. The molecule has 1 aliphatic rings. The Hall–Kier alpha value is -3.17. The summed E-state index contributed by atoms with van der Waals surface area (Å²) in [5, 5.41) is 0.870. The Kier molecular flexibility index (Phi) is 6.53. The van der Waals surface area contributed by atoms with Gasteiger partial charge in [-0.1, -0.05) is 23.2 Å². The fourth-order valence-corrected chi connectivity index (χ4v) is 4.27. The normalized spacial score (nSPS) is 16.2. The summed E-state index contributed by atoms with van der Waals surface area (Å²) in [5.41, 5.74) is 1.48. The molecule has 2 heterocycles. The summed E-state index contributed by atoms with van der Waals surface area (Å²) in [4.78, 5) is 41.3. The topological polar surface area (TPSA) is 94.2 Å². The predicted molar refractivity (Wildman–Crippen MR) is 123 cm³/mol. The van der Waals surface area contributed by atoms with Gasteiger partial charge in [-0.3, -0.25) is 9.36 Å². The molecule has 2 aromatic carbocycles. The average molecular weight is 494 g/mol. The smallest absolute Gasteiger partial charge is 0.420 e. The summed E-state index contributed by atoms with van der Waals surface area (Å²) in [7, 11) is 2.81. The molecule has 9 nitrogen and oxygen atoms in total. The lowest BCUT2D eigenvalue weighted by atomic mass is 10.1. The maximum Gasteiger partial charge on any atom is 0.420 e. The van der Waals surface area contributed by atoms with E-state index in [0.29, 0.717) is 45.7 Å². The van der Waals surface area contributed by atoms with Crippen LogP contribution in [0.15, 0.2) is 45.6 Å². The molecule has 1 aliphatic heterocycles. The van der Waals surface area contributed by atoms with E-state index in [4.69, 9.17) is 37.1 Å². The van der Waals surface area contributed by atoms with Crippen molar-refractivity contribution in [3.8, 4) is 5.75 Å². The van der Waals surface area contributed by atoms with E-state index in [1.54, 1.807) is 30.3 Å². The van der Waals surface area contributed by atoms with Gasteiger partial charge in [0, 0.05) is 35.9 Å². The third kappa shape index (κ3) is 4.51. The molecule has 1 amide bonds. The average Bonchev–Trinajstić information content (AvgIpc) is 3.12. The van der Waals surface area contributed by atoms with Crippen LogP contribution in [0.4, 0.5) is 5.69 Å². The van der Waals surface area contributed by atoms with Crippen molar-refractivity contribution >= 4 is 51.9 Å². The summed E-state index contributed by atoms with van der Waals surface area (Å²) in [6.45, 7) is 0.573. The number of anilines is 1. The Balaban J connectivity index is 1.56. The number of ether oxygens (including phenoxy) is 2. The number of carbonyl (C=O) groups is 2. The third-order valence-corrected chi connectivity index (χ3v) is 6.14. The molecule has 33 heavy (non-hydrogen) atoms. The monoisotopic (exact) mass is 493 g/mol. The van der Waals surface area contributed by atoms with E-state index < -0.39 is 17.8 Å². The maximum atomic E-state index is 13.1. The fraction of sp³-hybridized carbons (Fsp3) is 0.318. The van der Waals surface area contributed by atoms with Crippen molar-refractivity contribution in [2.24, 2.45) is 0 Å². The van der Waals surface area contributed by atoms with Crippen LogP contribution in [0.3, 0.4) is 0 Å². The lowest BCUT2D eigenvalue weighted by molar-refractivity contribution is -0.144. The van der Waals surface area contributed by atoms with Crippen LogP contribution in [0.2, 0.25) is 10.0 Å². The number of aromatic nitrogens is 1. The molecule has 0 spiro atoms. The second kappa shape index (κ2) is 9.36. The molecule has 1 saturated heterocycles. The van der Waals surface area contributed by atoms with Crippen molar-refractivity contribution in [3.63, 3.8) is 0 Å². The number of amides is 1. The number of methoxy groups -OCH3 is 2. The molecule has 1 aromatic heterocycles. The van der Waals surface area contributed by atoms with E-state index in [-0.39, 0.29) is 19.0 Å². The number of rotatable bonds is 5. The van der Waals surface area contributed by atoms with Gasteiger partial charge < -0.3 is 23.7 Å². The van der Waals surface area contributed by atoms with Crippen LogP contribution >= 0.6 is 23.2 Å². The van der Waals surface area contributed by atoms with Gasteiger partial charge in [0.05, 0.1) is 31.3 Å². The van der Waals surface area contributed by atoms with E-state index >= 15 is 0 Å². The maximum absolute atomic E-state index is 13.1. The SMILES string of the molecule is COC(=O)C1CN(C(=O)Cn2c(=O)oc3cc(Cl)ccc32)CCN1c1ccc(Cl)c(OC)c1. The van der Waals surface area contributed by atoms with Gasteiger partial charge in [-0.2, -0.15) is 0 Å². The van der Waals surface area contributed by atoms with Gasteiger partial charge in [-0.15, -0.1) is 0 Å². The highest BCUT2D eigenvalue weighted by molar-refractivity contribution is 6.32. The molecule has 0 aliphatic carbocycles. The minimum atomic E-state index is -0.741. The Labute approximate surface area is 199 Å². The number of fused-ring (bicyclic) bond motifs is 1. The van der Waals surface area contributed by atoms with E-state index in [0.717, 1.165) is 0 Å². The lowest BCUT2D eigenvalue weighted by Crippen LogP contribution is -2.58. The summed E-state index contributed by atoms with van der Waals surface area (Å²) >= 11 is 12.1. The highest BCUT2D eigenvalue weighted by atomic mass is 35.5. The first-order valence-corrected chi connectivity index (χ1v) is 10.8. The highest BCUT2D eigenvalue weighted by Crippen LogP contribution is 2.31. The van der Waals surface area contributed by atoms with Gasteiger partial charge >= 0.3 is 11.7 Å². The van der Waals surface area contributed by atoms with Crippen molar-refractivity contribution in [2.45, 2.75) is 12.6 Å². The number of benzene rings is 2. The lowest BCUT2D eigenvalue weighted by Gasteiger charge is -2.41. The van der Waals surface area contributed by atoms with Crippen molar-refractivity contribution in [1.29, 1.82) is 0 Å².